The predicted octanol–water partition coefficient (Wildman–Crippen LogP) is 4.36. The minimum Gasteiger partial charge on any atom is -0.481 e. The van der Waals surface area contributed by atoms with Crippen molar-refractivity contribution >= 4 is 28.4 Å². The van der Waals surface area contributed by atoms with Crippen LogP contribution in [0.15, 0.2) is 83.9 Å². The van der Waals surface area contributed by atoms with E-state index < -0.39 is 6.04 Å². The van der Waals surface area contributed by atoms with Gasteiger partial charge in [-0.2, -0.15) is 4.98 Å². The fraction of sp³-hybridized carbons (Fsp3) is 0.167. The standard InChI is InChI=1S/C30H29N7O3/c1-4-32-28(38)23-17-34-30(31)36-27(23)35-18(2)24-15-20-9-8-12-22(19-13-14-33-25(16-19)40-3)26(20)29(39)37(24)21-10-6-5-7-11-21/h5-18H,4H2,1-3H3,(H,32,38)(H3,31,34,35,36)/t18-/m0/s1. The molecule has 3 heterocycles. The molecule has 0 saturated heterocycles. The van der Waals surface area contributed by atoms with Crippen LogP contribution >= 0.6 is 0 Å². The van der Waals surface area contributed by atoms with Gasteiger partial charge in [0.05, 0.1) is 18.5 Å². The fourth-order valence-corrected chi connectivity index (χ4v) is 4.68. The first-order valence-electron chi connectivity index (χ1n) is 12.8. The number of hydrogen-bond acceptors (Lipinski definition) is 8. The molecule has 0 fully saturated rings. The van der Waals surface area contributed by atoms with Gasteiger partial charge in [-0.3, -0.25) is 14.2 Å². The van der Waals surface area contributed by atoms with Gasteiger partial charge < -0.3 is 21.1 Å². The van der Waals surface area contributed by atoms with E-state index in [1.54, 1.807) is 17.9 Å². The summed E-state index contributed by atoms with van der Waals surface area (Å²) < 4.78 is 7.00. The number of benzene rings is 2. The summed E-state index contributed by atoms with van der Waals surface area (Å²) in [6, 6.07) is 20.3. The zero-order valence-corrected chi connectivity index (χ0v) is 22.4. The summed E-state index contributed by atoms with van der Waals surface area (Å²) >= 11 is 0. The molecule has 1 atom stereocenters. The Hall–Kier alpha value is -5.25. The summed E-state index contributed by atoms with van der Waals surface area (Å²) in [5.74, 6) is 0.433. The Morgan fingerprint density at radius 1 is 1.07 bits per heavy atom. The molecule has 0 unspecified atom stereocenters. The van der Waals surface area contributed by atoms with Crippen molar-refractivity contribution in [2.24, 2.45) is 0 Å². The number of nitrogens with zero attached hydrogens (tertiary/aromatic N) is 4. The summed E-state index contributed by atoms with van der Waals surface area (Å²) in [7, 11) is 1.56. The Morgan fingerprint density at radius 2 is 1.88 bits per heavy atom. The molecule has 2 aromatic carbocycles. The van der Waals surface area contributed by atoms with Crippen molar-refractivity contribution in [3.8, 4) is 22.7 Å². The normalized spacial score (nSPS) is 11.7. The smallest absolute Gasteiger partial charge is 0.263 e. The van der Waals surface area contributed by atoms with E-state index in [-0.39, 0.29) is 28.8 Å². The monoisotopic (exact) mass is 535 g/mol. The molecule has 0 saturated carbocycles. The van der Waals surface area contributed by atoms with E-state index >= 15 is 0 Å². The molecule has 0 radical (unpaired) electrons. The van der Waals surface area contributed by atoms with Crippen molar-refractivity contribution in [1.82, 2.24) is 24.8 Å². The van der Waals surface area contributed by atoms with Gasteiger partial charge in [0.15, 0.2) is 0 Å². The lowest BCUT2D eigenvalue weighted by molar-refractivity contribution is 0.0956. The number of hydrogen-bond donors (Lipinski definition) is 3. The van der Waals surface area contributed by atoms with Crippen LogP contribution in [0.1, 0.15) is 35.9 Å². The quantitative estimate of drug-likeness (QED) is 0.267. The Morgan fingerprint density at radius 3 is 2.62 bits per heavy atom. The van der Waals surface area contributed by atoms with Gasteiger partial charge in [0, 0.05) is 36.4 Å². The number of ether oxygens (including phenoxy) is 1. The van der Waals surface area contributed by atoms with Crippen LogP contribution in [0.3, 0.4) is 0 Å². The summed E-state index contributed by atoms with van der Waals surface area (Å²) in [6.45, 7) is 4.18. The maximum absolute atomic E-state index is 14.3. The number of aromatic nitrogens is 4. The third-order valence-electron chi connectivity index (χ3n) is 6.53. The van der Waals surface area contributed by atoms with Crippen molar-refractivity contribution in [3.05, 3.63) is 101 Å². The first-order chi connectivity index (χ1) is 19.4. The van der Waals surface area contributed by atoms with E-state index in [0.717, 1.165) is 16.5 Å². The number of nitrogen functional groups attached to an aromatic ring is 1. The Labute approximate surface area is 230 Å². The second-order valence-electron chi connectivity index (χ2n) is 9.12. The van der Waals surface area contributed by atoms with Crippen molar-refractivity contribution in [1.29, 1.82) is 0 Å². The SMILES string of the molecule is CCNC(=O)c1cnc(N)nc1N[C@@H](C)c1cc2cccc(-c3ccnc(OC)c3)c2c(=O)n1-c1ccccc1. The lowest BCUT2D eigenvalue weighted by Gasteiger charge is -2.23. The average molecular weight is 536 g/mol. The number of nitrogens with one attached hydrogen (secondary N) is 2. The molecule has 0 spiro atoms. The van der Waals surface area contributed by atoms with Gasteiger partial charge in [0.1, 0.15) is 11.4 Å². The summed E-state index contributed by atoms with van der Waals surface area (Å²) in [6.07, 6.45) is 3.05. The molecule has 5 aromatic rings. The fourth-order valence-electron chi connectivity index (χ4n) is 4.68. The van der Waals surface area contributed by atoms with E-state index in [1.165, 1.54) is 6.20 Å². The van der Waals surface area contributed by atoms with E-state index in [0.29, 0.717) is 29.2 Å². The third kappa shape index (κ3) is 5.06. The Balaban J connectivity index is 1.70. The predicted molar refractivity (Wildman–Crippen MR) is 156 cm³/mol. The van der Waals surface area contributed by atoms with Gasteiger partial charge in [0.2, 0.25) is 11.8 Å². The van der Waals surface area contributed by atoms with Crippen molar-refractivity contribution in [2.75, 3.05) is 24.7 Å². The number of fused-ring (bicyclic) bond motifs is 1. The van der Waals surface area contributed by atoms with Gasteiger partial charge >= 0.3 is 0 Å². The van der Waals surface area contributed by atoms with Crippen molar-refractivity contribution in [2.45, 2.75) is 19.9 Å². The van der Waals surface area contributed by atoms with Crippen LogP contribution in [-0.4, -0.2) is 39.1 Å². The molecule has 10 nitrogen and oxygen atoms in total. The maximum atomic E-state index is 14.3. The van der Waals surface area contributed by atoms with E-state index in [2.05, 4.69) is 25.6 Å². The molecule has 10 heteroatoms. The van der Waals surface area contributed by atoms with Gasteiger partial charge in [-0.25, -0.2) is 9.97 Å². The highest BCUT2D eigenvalue weighted by Crippen LogP contribution is 2.31. The molecular weight excluding hydrogens is 506 g/mol. The number of para-hydroxylation sites is 1. The van der Waals surface area contributed by atoms with E-state index in [1.807, 2.05) is 80.6 Å². The second-order valence-corrected chi connectivity index (χ2v) is 9.12. The lowest BCUT2D eigenvalue weighted by atomic mass is 9.98. The van der Waals surface area contributed by atoms with E-state index in [4.69, 9.17) is 10.5 Å². The number of nitrogens with two attached hydrogens (primary N) is 1. The first kappa shape index (κ1) is 26.4. The van der Waals surface area contributed by atoms with Crippen molar-refractivity contribution < 1.29 is 9.53 Å². The highest BCUT2D eigenvalue weighted by Gasteiger charge is 2.21. The lowest BCUT2D eigenvalue weighted by Crippen LogP contribution is -2.28. The van der Waals surface area contributed by atoms with Crippen LogP contribution in [0.4, 0.5) is 11.8 Å². The zero-order valence-electron chi connectivity index (χ0n) is 22.4. The number of pyridine rings is 2. The van der Waals surface area contributed by atoms with E-state index in [9.17, 15) is 9.59 Å². The van der Waals surface area contributed by atoms with Crippen LogP contribution in [0, 0.1) is 0 Å². The minimum absolute atomic E-state index is 0.0270. The molecule has 0 aliphatic carbocycles. The Kier molecular flexibility index (Phi) is 7.41. The molecule has 40 heavy (non-hydrogen) atoms. The number of carbonyl (C=O) groups is 1. The number of anilines is 2. The second kappa shape index (κ2) is 11.2. The van der Waals surface area contributed by atoms with Gasteiger partial charge in [0.25, 0.3) is 11.5 Å². The number of carbonyl (C=O) groups excluding carboxylic acids is 1. The molecule has 0 aliphatic heterocycles. The molecular formula is C30H29N7O3. The van der Waals surface area contributed by atoms with Crippen LogP contribution in [-0.2, 0) is 0 Å². The van der Waals surface area contributed by atoms with Gasteiger partial charge in [-0.1, -0.05) is 36.4 Å². The molecule has 0 bridgehead atoms. The summed E-state index contributed by atoms with van der Waals surface area (Å²) in [5, 5.41) is 7.38. The number of methoxy groups -OCH3 is 1. The molecule has 1 amide bonds. The average Bonchev–Trinajstić information content (AvgIpc) is 2.97. The first-order valence-corrected chi connectivity index (χ1v) is 12.8. The minimum atomic E-state index is -0.454. The topological polar surface area (TPSA) is 137 Å². The summed E-state index contributed by atoms with van der Waals surface area (Å²) in [4.78, 5) is 39.5. The molecule has 4 N–H and O–H groups in total. The third-order valence-corrected chi connectivity index (χ3v) is 6.53. The van der Waals surface area contributed by atoms with Crippen LogP contribution in [0.2, 0.25) is 0 Å². The maximum Gasteiger partial charge on any atom is 0.263 e. The largest absolute Gasteiger partial charge is 0.481 e. The zero-order chi connectivity index (χ0) is 28.2. The molecule has 3 aromatic heterocycles. The summed E-state index contributed by atoms with van der Waals surface area (Å²) in [5.41, 5.74) is 8.89. The molecule has 0 aliphatic rings. The van der Waals surface area contributed by atoms with Crippen LogP contribution in [0.5, 0.6) is 5.88 Å². The van der Waals surface area contributed by atoms with Crippen LogP contribution < -0.4 is 26.7 Å². The van der Waals surface area contributed by atoms with Crippen LogP contribution in [0.25, 0.3) is 27.6 Å². The molecule has 5 rings (SSSR count). The number of amides is 1. The Bertz CT molecular complexity index is 1750. The number of rotatable bonds is 8. The highest BCUT2D eigenvalue weighted by molar-refractivity contribution is 5.99. The molecule has 202 valence electrons. The van der Waals surface area contributed by atoms with Crippen molar-refractivity contribution in [3.63, 3.8) is 0 Å². The highest BCUT2D eigenvalue weighted by atomic mass is 16.5. The van der Waals surface area contributed by atoms with Gasteiger partial charge in [-0.05, 0) is 54.6 Å². The van der Waals surface area contributed by atoms with Gasteiger partial charge in [-0.15, -0.1) is 0 Å².